The fourth-order valence-corrected chi connectivity index (χ4v) is 9.94. The normalized spacial score (nSPS) is 39.9. The molecule has 4 aliphatic carbocycles. The summed E-state index contributed by atoms with van der Waals surface area (Å²) in [7, 11) is 3.60. The second kappa shape index (κ2) is 9.15. The Kier molecular flexibility index (Phi) is 6.21. The molecule has 0 spiro atoms. The van der Waals surface area contributed by atoms with Crippen LogP contribution in [0.3, 0.4) is 0 Å². The zero-order valence-electron chi connectivity index (χ0n) is 22.7. The van der Waals surface area contributed by atoms with Gasteiger partial charge >= 0.3 is 0 Å². The number of carbonyl (C=O) groups is 1. The van der Waals surface area contributed by atoms with Gasteiger partial charge in [-0.1, -0.05) is 26.3 Å². The Morgan fingerprint density at radius 2 is 1.94 bits per heavy atom. The smallest absolute Gasteiger partial charge is 0.157 e. The van der Waals surface area contributed by atoms with Gasteiger partial charge in [-0.25, -0.2) is 0 Å². The predicted molar refractivity (Wildman–Crippen MR) is 142 cm³/mol. The third kappa shape index (κ3) is 3.67. The van der Waals surface area contributed by atoms with Crippen molar-refractivity contribution in [1.29, 1.82) is 0 Å². The van der Waals surface area contributed by atoms with E-state index in [9.17, 15) is 4.79 Å². The molecule has 6 rings (SSSR count). The Hall–Kier alpha value is -1.88. The van der Waals surface area contributed by atoms with E-state index >= 15 is 0 Å². The highest BCUT2D eigenvalue weighted by molar-refractivity contribution is 5.86. The first-order valence-corrected chi connectivity index (χ1v) is 14.4. The molecule has 1 aromatic carbocycles. The molecule has 0 radical (unpaired) electrons. The van der Waals surface area contributed by atoms with Gasteiger partial charge in [0.05, 0.1) is 31.2 Å². The van der Waals surface area contributed by atoms with Crippen molar-refractivity contribution >= 4 is 16.7 Å². The van der Waals surface area contributed by atoms with E-state index in [2.05, 4.69) is 13.8 Å². The quantitative estimate of drug-likeness (QED) is 0.460. The molecule has 0 N–H and O–H groups in total. The monoisotopic (exact) mass is 492 g/mol. The molecule has 0 aliphatic heterocycles. The van der Waals surface area contributed by atoms with Crippen LogP contribution < -0.4 is 4.74 Å². The van der Waals surface area contributed by atoms with Crippen molar-refractivity contribution in [2.24, 2.45) is 46.3 Å². The van der Waals surface area contributed by atoms with E-state index in [0.717, 1.165) is 53.4 Å². The minimum atomic E-state index is 0.131. The van der Waals surface area contributed by atoms with Crippen molar-refractivity contribution in [2.75, 3.05) is 20.8 Å². The molecule has 1 heterocycles. The van der Waals surface area contributed by atoms with E-state index in [1.54, 1.807) is 7.11 Å². The average Bonchev–Trinajstić information content (AvgIpc) is 3.44. The molecule has 4 fully saturated rings. The van der Waals surface area contributed by atoms with Crippen molar-refractivity contribution in [2.45, 2.75) is 78.2 Å². The number of ketones is 1. The first kappa shape index (κ1) is 24.5. The lowest BCUT2D eigenvalue weighted by Gasteiger charge is -2.61. The second-order valence-corrected chi connectivity index (χ2v) is 13.1. The number of carbonyl (C=O) groups excluding carboxylic acids is 1. The number of rotatable bonds is 6. The second-order valence-electron chi connectivity index (χ2n) is 13.1. The zero-order valence-corrected chi connectivity index (χ0v) is 22.7. The van der Waals surface area contributed by atoms with E-state index in [0.29, 0.717) is 23.7 Å². The van der Waals surface area contributed by atoms with Crippen molar-refractivity contribution in [3.63, 3.8) is 0 Å². The summed E-state index contributed by atoms with van der Waals surface area (Å²) in [5.41, 5.74) is 1.40. The summed E-state index contributed by atoms with van der Waals surface area (Å²) in [5.74, 6) is 5.25. The summed E-state index contributed by atoms with van der Waals surface area (Å²) in [5, 5.41) is 5.69. The van der Waals surface area contributed by atoms with E-state index in [1.807, 2.05) is 36.2 Å². The van der Waals surface area contributed by atoms with Crippen LogP contribution in [-0.2, 0) is 16.1 Å². The Labute approximate surface area is 216 Å². The molecule has 196 valence electrons. The van der Waals surface area contributed by atoms with Gasteiger partial charge in [0, 0.05) is 19.2 Å². The standard InChI is InChI=1S/C31H44N2O3/c1-20-12-15-31(19-35-3)21(16-20)8-9-22-24-10-11-26(30(24,2)14-13-25(22)31)28(34)18-33-17-23-27(32-33)6-5-7-29(23)36-4/h5-7,17,20-22,24-26H,8-16,18-19H2,1-4H3. The van der Waals surface area contributed by atoms with Crippen LogP contribution in [0.5, 0.6) is 5.75 Å². The molecular weight excluding hydrogens is 448 g/mol. The Morgan fingerprint density at radius 3 is 2.75 bits per heavy atom. The Morgan fingerprint density at radius 1 is 1.08 bits per heavy atom. The first-order chi connectivity index (χ1) is 17.4. The molecule has 36 heavy (non-hydrogen) atoms. The lowest BCUT2D eigenvalue weighted by molar-refractivity contribution is -0.154. The molecule has 5 nitrogen and oxygen atoms in total. The van der Waals surface area contributed by atoms with Gasteiger partial charge in [0.25, 0.3) is 0 Å². The van der Waals surface area contributed by atoms with Crippen LogP contribution in [0, 0.1) is 46.3 Å². The van der Waals surface area contributed by atoms with E-state index in [4.69, 9.17) is 14.6 Å². The summed E-state index contributed by atoms with van der Waals surface area (Å²) in [6.45, 7) is 6.22. The maximum atomic E-state index is 13.8. The van der Waals surface area contributed by atoms with E-state index in [-0.39, 0.29) is 11.3 Å². The largest absolute Gasteiger partial charge is 0.496 e. The summed E-state index contributed by atoms with van der Waals surface area (Å²) in [6, 6.07) is 5.90. The van der Waals surface area contributed by atoms with Crippen molar-refractivity contribution < 1.29 is 14.3 Å². The number of fused-ring (bicyclic) bond motifs is 6. The highest BCUT2D eigenvalue weighted by Gasteiger charge is 2.62. The van der Waals surface area contributed by atoms with Crippen LogP contribution in [0.2, 0.25) is 0 Å². The SMILES string of the molecule is COCC12CCC(C)CC1CCC1C3CCC(C(=O)Cn4cc5c(OC)cccc5n4)C3(C)CCC12. The number of Topliss-reactive ketones (excluding diaryl/α,β-unsaturated/α-hetero) is 1. The van der Waals surface area contributed by atoms with E-state index < -0.39 is 0 Å². The number of aromatic nitrogens is 2. The zero-order chi connectivity index (χ0) is 25.1. The van der Waals surface area contributed by atoms with Gasteiger partial charge in [0.2, 0.25) is 0 Å². The summed E-state index contributed by atoms with van der Waals surface area (Å²) < 4.78 is 13.3. The summed E-state index contributed by atoms with van der Waals surface area (Å²) in [6.07, 6.45) is 13.5. The maximum absolute atomic E-state index is 13.8. The fraction of sp³-hybridized carbons (Fsp3) is 0.742. The highest BCUT2D eigenvalue weighted by atomic mass is 16.5. The number of nitrogens with zero attached hydrogens (tertiary/aromatic N) is 2. The van der Waals surface area contributed by atoms with Crippen LogP contribution in [0.4, 0.5) is 0 Å². The van der Waals surface area contributed by atoms with Crippen molar-refractivity contribution in [3.05, 3.63) is 24.4 Å². The molecular formula is C31H44N2O3. The first-order valence-electron chi connectivity index (χ1n) is 14.4. The number of hydrogen-bond acceptors (Lipinski definition) is 4. The highest BCUT2D eigenvalue weighted by Crippen LogP contribution is 2.68. The molecule has 8 unspecified atom stereocenters. The van der Waals surface area contributed by atoms with Crippen LogP contribution in [0.15, 0.2) is 24.4 Å². The van der Waals surface area contributed by atoms with Gasteiger partial charge in [-0.05, 0) is 104 Å². The van der Waals surface area contributed by atoms with Gasteiger partial charge in [-0.15, -0.1) is 0 Å². The minimum absolute atomic E-state index is 0.131. The average molecular weight is 493 g/mol. The maximum Gasteiger partial charge on any atom is 0.157 e. The van der Waals surface area contributed by atoms with Crippen molar-refractivity contribution in [1.82, 2.24) is 9.78 Å². The fourth-order valence-electron chi connectivity index (χ4n) is 9.94. The van der Waals surface area contributed by atoms with Gasteiger partial charge < -0.3 is 9.47 Å². The van der Waals surface area contributed by atoms with Crippen LogP contribution in [0.25, 0.3) is 10.9 Å². The number of benzene rings is 1. The lowest BCUT2D eigenvalue weighted by atomic mass is 9.44. The van der Waals surface area contributed by atoms with Gasteiger partial charge in [-0.2, -0.15) is 5.10 Å². The van der Waals surface area contributed by atoms with Crippen LogP contribution in [-0.4, -0.2) is 36.4 Å². The molecule has 5 heteroatoms. The van der Waals surface area contributed by atoms with Gasteiger partial charge in [0.1, 0.15) is 5.75 Å². The van der Waals surface area contributed by atoms with Gasteiger partial charge in [0.15, 0.2) is 5.78 Å². The Bertz CT molecular complexity index is 1130. The predicted octanol–water partition coefficient (Wildman–Crippen LogP) is 6.54. The van der Waals surface area contributed by atoms with Crippen molar-refractivity contribution in [3.8, 4) is 5.75 Å². The lowest BCUT2D eigenvalue weighted by Crippen LogP contribution is -2.56. The topological polar surface area (TPSA) is 53.4 Å². The Balaban J connectivity index is 1.22. The third-order valence-corrected chi connectivity index (χ3v) is 11.5. The molecule has 0 amide bonds. The third-order valence-electron chi connectivity index (χ3n) is 11.5. The molecule has 2 aromatic rings. The van der Waals surface area contributed by atoms with E-state index in [1.165, 1.54) is 51.4 Å². The summed E-state index contributed by atoms with van der Waals surface area (Å²) >= 11 is 0. The van der Waals surface area contributed by atoms with Crippen LogP contribution >= 0.6 is 0 Å². The summed E-state index contributed by atoms with van der Waals surface area (Å²) in [4.78, 5) is 13.8. The molecule has 0 saturated heterocycles. The van der Waals surface area contributed by atoms with Gasteiger partial charge in [-0.3, -0.25) is 9.48 Å². The molecule has 1 aromatic heterocycles. The number of methoxy groups -OCH3 is 2. The number of ether oxygens (including phenoxy) is 2. The minimum Gasteiger partial charge on any atom is -0.496 e. The molecule has 4 aliphatic rings. The molecule has 8 atom stereocenters. The van der Waals surface area contributed by atoms with Crippen LogP contribution in [0.1, 0.15) is 71.6 Å². The molecule has 0 bridgehead atoms. The number of hydrogen-bond donors (Lipinski definition) is 0. The molecule has 4 saturated carbocycles.